The van der Waals surface area contributed by atoms with E-state index in [1.54, 1.807) is 11.8 Å². The van der Waals surface area contributed by atoms with Gasteiger partial charge in [0.05, 0.1) is 4.90 Å². The van der Waals surface area contributed by atoms with Crippen LogP contribution in [-0.2, 0) is 4.74 Å². The normalized spacial score (nSPS) is 10.0. The Morgan fingerprint density at radius 1 is 1.54 bits per heavy atom. The van der Waals surface area contributed by atoms with Gasteiger partial charge in [0.2, 0.25) is 0 Å². The zero-order valence-corrected chi connectivity index (χ0v) is 8.69. The van der Waals surface area contributed by atoms with Gasteiger partial charge in [0, 0.05) is 12.7 Å². The van der Waals surface area contributed by atoms with E-state index in [2.05, 4.69) is 6.07 Å². The molecule has 0 fully saturated rings. The second-order valence-electron chi connectivity index (χ2n) is 2.32. The highest BCUT2D eigenvalue weighted by Gasteiger charge is 2.00. The molecule has 0 saturated heterocycles. The molecule has 0 aromatic heterocycles. The predicted molar refractivity (Wildman–Crippen MR) is 54.2 cm³/mol. The molecule has 0 spiro atoms. The topological polar surface area (TPSA) is 18.5 Å². The lowest BCUT2D eigenvalue weighted by Crippen LogP contribution is -2.02. The summed E-state index contributed by atoms with van der Waals surface area (Å²) >= 11 is 1.62. The third-order valence-electron chi connectivity index (χ3n) is 1.49. The monoisotopic (exact) mass is 197 g/mol. The molecule has 3 heteroatoms. The number of benzene rings is 1. The van der Waals surface area contributed by atoms with Crippen LogP contribution in [0.4, 0.5) is 0 Å². The van der Waals surface area contributed by atoms with Crippen molar-refractivity contribution < 1.29 is 9.47 Å². The lowest BCUT2D eigenvalue weighted by atomic mass is 10.3. The first-order valence-electron chi connectivity index (χ1n) is 4.13. The van der Waals surface area contributed by atoms with Gasteiger partial charge in [-0.15, -0.1) is 11.8 Å². The van der Waals surface area contributed by atoms with Gasteiger partial charge in [0.15, 0.2) is 6.79 Å². The van der Waals surface area contributed by atoms with Gasteiger partial charge in [-0.25, -0.2) is 0 Å². The Balaban J connectivity index is 2.54. The molecular weight excluding hydrogens is 184 g/mol. The lowest BCUT2D eigenvalue weighted by Gasteiger charge is -2.08. The smallest absolute Gasteiger partial charge is 0.189 e. The van der Waals surface area contributed by atoms with E-state index in [0.717, 1.165) is 10.6 Å². The molecule has 0 unspecified atom stereocenters. The summed E-state index contributed by atoms with van der Waals surface area (Å²) in [5, 5.41) is 0. The Morgan fingerprint density at radius 2 is 2.38 bits per heavy atom. The first-order valence-corrected chi connectivity index (χ1v) is 5.36. The molecule has 1 aromatic rings. The van der Waals surface area contributed by atoms with Crippen molar-refractivity contribution in [3.63, 3.8) is 0 Å². The zero-order valence-electron chi connectivity index (χ0n) is 7.87. The molecule has 0 bridgehead atoms. The van der Waals surface area contributed by atoms with Gasteiger partial charge in [-0.2, -0.15) is 0 Å². The Hall–Kier alpha value is -0.670. The average Bonchev–Trinajstić information content (AvgIpc) is 2.19. The molecule has 0 amide bonds. The summed E-state index contributed by atoms with van der Waals surface area (Å²) in [7, 11) is 0. The highest BCUT2D eigenvalue weighted by Crippen LogP contribution is 2.26. The van der Waals surface area contributed by atoms with Crippen molar-refractivity contribution in [3.8, 4) is 5.75 Å². The first kappa shape index (κ1) is 10.4. The van der Waals surface area contributed by atoms with E-state index in [-0.39, 0.29) is 0 Å². The SMILES string of the molecule is CCOCOc1ccc[c]c1SC. The van der Waals surface area contributed by atoms with Crippen LogP contribution in [0.25, 0.3) is 0 Å². The molecule has 2 nitrogen and oxygen atoms in total. The lowest BCUT2D eigenvalue weighted by molar-refractivity contribution is 0.0207. The number of ether oxygens (including phenoxy) is 2. The molecule has 1 radical (unpaired) electrons. The maximum atomic E-state index is 5.39. The van der Waals surface area contributed by atoms with Gasteiger partial charge in [-0.1, -0.05) is 12.1 Å². The van der Waals surface area contributed by atoms with E-state index in [1.165, 1.54) is 0 Å². The van der Waals surface area contributed by atoms with Crippen LogP contribution in [0.15, 0.2) is 23.1 Å². The number of hydrogen-bond acceptors (Lipinski definition) is 3. The van der Waals surface area contributed by atoms with Crippen molar-refractivity contribution >= 4 is 11.8 Å². The summed E-state index contributed by atoms with van der Waals surface area (Å²) in [5.74, 6) is 0.837. The van der Waals surface area contributed by atoms with Crippen molar-refractivity contribution in [1.29, 1.82) is 0 Å². The molecular formula is C10H13O2S. The van der Waals surface area contributed by atoms with E-state index in [9.17, 15) is 0 Å². The summed E-state index contributed by atoms with van der Waals surface area (Å²) in [6.07, 6.45) is 2.00. The average molecular weight is 197 g/mol. The van der Waals surface area contributed by atoms with Gasteiger partial charge in [0.25, 0.3) is 0 Å². The molecule has 0 aliphatic rings. The molecule has 0 N–H and O–H groups in total. The van der Waals surface area contributed by atoms with Crippen LogP contribution in [0.5, 0.6) is 5.75 Å². The molecule has 0 atom stereocenters. The van der Waals surface area contributed by atoms with Crippen LogP contribution in [0, 0.1) is 6.07 Å². The largest absolute Gasteiger partial charge is 0.466 e. The van der Waals surface area contributed by atoms with Crippen molar-refractivity contribution in [1.82, 2.24) is 0 Å². The molecule has 0 heterocycles. The molecule has 1 aromatic carbocycles. The van der Waals surface area contributed by atoms with Crippen molar-refractivity contribution in [2.45, 2.75) is 11.8 Å². The summed E-state index contributed by atoms with van der Waals surface area (Å²) in [4.78, 5) is 1.02. The van der Waals surface area contributed by atoms with Crippen LogP contribution in [0.2, 0.25) is 0 Å². The maximum Gasteiger partial charge on any atom is 0.189 e. The van der Waals surface area contributed by atoms with Gasteiger partial charge in [-0.05, 0) is 19.2 Å². The van der Waals surface area contributed by atoms with Gasteiger partial charge in [-0.3, -0.25) is 0 Å². The summed E-state index contributed by atoms with van der Waals surface area (Å²) in [6, 6.07) is 8.79. The molecule has 0 saturated carbocycles. The van der Waals surface area contributed by atoms with Gasteiger partial charge >= 0.3 is 0 Å². The molecule has 13 heavy (non-hydrogen) atoms. The minimum Gasteiger partial charge on any atom is -0.466 e. The standard InChI is InChI=1S/C10H13O2S/c1-3-11-8-12-9-6-4-5-7-10(9)13-2/h4-6H,3,8H2,1-2H3. The fourth-order valence-electron chi connectivity index (χ4n) is 0.868. The van der Waals surface area contributed by atoms with Crippen molar-refractivity contribution in [2.75, 3.05) is 19.7 Å². The Kier molecular flexibility index (Phi) is 4.72. The Labute approximate surface area is 83.2 Å². The van der Waals surface area contributed by atoms with Crippen LogP contribution in [-0.4, -0.2) is 19.7 Å². The number of rotatable bonds is 5. The van der Waals surface area contributed by atoms with E-state index in [1.807, 2.05) is 31.4 Å². The third-order valence-corrected chi connectivity index (χ3v) is 2.22. The van der Waals surface area contributed by atoms with E-state index in [0.29, 0.717) is 13.4 Å². The Bertz CT molecular complexity index is 250. The summed E-state index contributed by atoms with van der Waals surface area (Å²) in [5.41, 5.74) is 0. The van der Waals surface area contributed by atoms with Gasteiger partial charge in [0.1, 0.15) is 5.75 Å². The zero-order chi connectivity index (χ0) is 9.52. The highest BCUT2D eigenvalue weighted by atomic mass is 32.2. The van der Waals surface area contributed by atoms with E-state index < -0.39 is 0 Å². The number of hydrogen-bond donors (Lipinski definition) is 0. The van der Waals surface area contributed by atoms with Crippen LogP contribution in [0.1, 0.15) is 6.92 Å². The van der Waals surface area contributed by atoms with E-state index >= 15 is 0 Å². The fourth-order valence-corrected chi connectivity index (χ4v) is 1.38. The van der Waals surface area contributed by atoms with Crippen LogP contribution in [0.3, 0.4) is 0 Å². The molecule has 0 aliphatic heterocycles. The third kappa shape index (κ3) is 3.28. The van der Waals surface area contributed by atoms with Crippen molar-refractivity contribution in [3.05, 3.63) is 24.3 Å². The summed E-state index contributed by atoms with van der Waals surface area (Å²) < 4.78 is 10.5. The maximum absolute atomic E-state index is 5.39. The molecule has 1 rings (SSSR count). The quantitative estimate of drug-likeness (QED) is 0.410. The molecule has 71 valence electrons. The van der Waals surface area contributed by atoms with Crippen LogP contribution < -0.4 is 4.74 Å². The predicted octanol–water partition coefficient (Wildman–Crippen LogP) is 2.58. The highest BCUT2D eigenvalue weighted by molar-refractivity contribution is 7.98. The fraction of sp³-hybridized carbons (Fsp3) is 0.400. The van der Waals surface area contributed by atoms with Crippen LogP contribution >= 0.6 is 11.8 Å². The summed E-state index contributed by atoms with van der Waals surface area (Å²) in [6.45, 7) is 2.92. The van der Waals surface area contributed by atoms with Gasteiger partial charge < -0.3 is 9.47 Å². The van der Waals surface area contributed by atoms with E-state index in [4.69, 9.17) is 9.47 Å². The molecule has 0 aliphatic carbocycles. The van der Waals surface area contributed by atoms with Crippen molar-refractivity contribution in [2.24, 2.45) is 0 Å². The first-order chi connectivity index (χ1) is 6.38. The Morgan fingerprint density at radius 3 is 3.08 bits per heavy atom. The minimum atomic E-state index is 0.307. The minimum absolute atomic E-state index is 0.307. The second-order valence-corrected chi connectivity index (χ2v) is 3.14. The second kappa shape index (κ2) is 5.89. The number of thioether (sulfide) groups is 1.